The summed E-state index contributed by atoms with van der Waals surface area (Å²) in [5, 5.41) is 10.1. The number of Topliss-reactive ketones (excluding diaryl/α,β-unsaturated/α-hetero) is 1. The Morgan fingerprint density at radius 1 is 1.37 bits per heavy atom. The van der Waals surface area contributed by atoms with Crippen LogP contribution in [0.4, 0.5) is 0 Å². The van der Waals surface area contributed by atoms with Gasteiger partial charge in [-0.15, -0.1) is 0 Å². The lowest BCUT2D eigenvalue weighted by Crippen LogP contribution is -2.27. The van der Waals surface area contributed by atoms with Crippen molar-refractivity contribution in [3.8, 4) is 5.75 Å². The number of aliphatic hydroxyl groups is 1. The highest BCUT2D eigenvalue weighted by Crippen LogP contribution is 2.42. The summed E-state index contributed by atoms with van der Waals surface area (Å²) in [5.74, 6) is 0.621. The lowest BCUT2D eigenvalue weighted by atomic mass is 9.93. The van der Waals surface area contributed by atoms with Crippen molar-refractivity contribution in [2.24, 2.45) is 5.92 Å². The molecule has 0 fully saturated rings. The molecule has 1 aromatic rings. The molecule has 0 aromatic heterocycles. The molecule has 4 nitrogen and oxygen atoms in total. The largest absolute Gasteiger partial charge is 0.481 e. The molecule has 2 heterocycles. The molecule has 0 saturated carbocycles. The van der Waals surface area contributed by atoms with Gasteiger partial charge < -0.3 is 14.6 Å². The molecular weight excluding hydrogens is 244 g/mol. The predicted molar refractivity (Wildman–Crippen MR) is 69.2 cm³/mol. The average Bonchev–Trinajstić information content (AvgIpc) is 2.66. The lowest BCUT2D eigenvalue weighted by molar-refractivity contribution is -0.144. The molecule has 4 heteroatoms. The maximum Gasteiger partial charge on any atom is 0.207 e. The van der Waals surface area contributed by atoms with E-state index in [1.54, 1.807) is 0 Å². The maximum absolute atomic E-state index is 12.2. The molecule has 2 aliphatic rings. The van der Waals surface area contributed by atoms with Crippen LogP contribution in [0.25, 0.3) is 0 Å². The van der Waals surface area contributed by atoms with Crippen molar-refractivity contribution < 1.29 is 19.4 Å². The van der Waals surface area contributed by atoms with E-state index < -0.39 is 12.4 Å². The zero-order chi connectivity index (χ0) is 13.7. The third kappa shape index (κ3) is 1.86. The third-order valence-corrected chi connectivity index (χ3v) is 3.78. The minimum atomic E-state index is -1.01. The van der Waals surface area contributed by atoms with E-state index in [0.29, 0.717) is 16.9 Å². The molecule has 0 amide bonds. The van der Waals surface area contributed by atoms with Gasteiger partial charge >= 0.3 is 0 Å². The lowest BCUT2D eigenvalue weighted by Gasteiger charge is -2.28. The Kier molecular flexibility index (Phi) is 2.87. The van der Waals surface area contributed by atoms with E-state index in [2.05, 4.69) is 0 Å². The van der Waals surface area contributed by atoms with Gasteiger partial charge in [0, 0.05) is 0 Å². The highest BCUT2D eigenvalue weighted by molar-refractivity contribution is 6.05. The summed E-state index contributed by atoms with van der Waals surface area (Å²) in [7, 11) is 0. The van der Waals surface area contributed by atoms with Crippen LogP contribution in [0.1, 0.15) is 48.5 Å². The molecule has 1 aromatic carbocycles. The molecular formula is C15H18O4. The van der Waals surface area contributed by atoms with Gasteiger partial charge in [0.25, 0.3) is 0 Å². The van der Waals surface area contributed by atoms with Gasteiger partial charge in [0.2, 0.25) is 5.78 Å². The van der Waals surface area contributed by atoms with Crippen LogP contribution in [0, 0.1) is 5.92 Å². The molecule has 0 saturated heterocycles. The van der Waals surface area contributed by atoms with E-state index in [1.807, 2.05) is 32.9 Å². The zero-order valence-electron chi connectivity index (χ0n) is 11.3. The molecule has 3 rings (SSSR count). The summed E-state index contributed by atoms with van der Waals surface area (Å²) in [4.78, 5) is 12.2. The highest BCUT2D eigenvalue weighted by atomic mass is 16.6. The molecule has 0 radical (unpaired) electrons. The van der Waals surface area contributed by atoms with E-state index in [-0.39, 0.29) is 17.8 Å². The summed E-state index contributed by atoms with van der Waals surface area (Å²) < 4.78 is 11.2. The first kappa shape index (κ1) is 12.6. The highest BCUT2D eigenvalue weighted by Gasteiger charge is 2.39. The minimum Gasteiger partial charge on any atom is -0.481 e. The number of hydrogen-bond donors (Lipinski definition) is 1. The molecule has 1 N–H and O–H groups in total. The van der Waals surface area contributed by atoms with E-state index in [9.17, 15) is 9.90 Å². The standard InChI is InChI=1S/C15H18O4/c1-7(2)13-12(16)10-5-4-9-6-8(3)18-15(17)11(9)14(10)19-13/h4-5,7-8,13,15,17H,6H2,1-3H3/t8-,13+,15+/m0/s1. The first-order valence-corrected chi connectivity index (χ1v) is 6.69. The molecule has 0 aliphatic carbocycles. The smallest absolute Gasteiger partial charge is 0.207 e. The van der Waals surface area contributed by atoms with Crippen LogP contribution in [-0.4, -0.2) is 23.1 Å². The van der Waals surface area contributed by atoms with Crippen LogP contribution >= 0.6 is 0 Å². The van der Waals surface area contributed by atoms with E-state index in [4.69, 9.17) is 9.47 Å². The summed E-state index contributed by atoms with van der Waals surface area (Å²) in [5.41, 5.74) is 2.20. The van der Waals surface area contributed by atoms with Gasteiger partial charge in [-0.2, -0.15) is 0 Å². The Balaban J connectivity index is 2.09. The minimum absolute atomic E-state index is 0.00128. The number of ether oxygens (including phenoxy) is 2. The molecule has 3 atom stereocenters. The fourth-order valence-corrected chi connectivity index (χ4v) is 2.83. The van der Waals surface area contributed by atoms with Gasteiger partial charge in [-0.25, -0.2) is 0 Å². The van der Waals surface area contributed by atoms with Crippen LogP contribution in [0.15, 0.2) is 12.1 Å². The Morgan fingerprint density at radius 2 is 2.11 bits per heavy atom. The van der Waals surface area contributed by atoms with Crippen molar-refractivity contribution in [3.63, 3.8) is 0 Å². The second kappa shape index (κ2) is 4.32. The molecule has 102 valence electrons. The number of fused-ring (bicyclic) bond motifs is 3. The molecule has 0 unspecified atom stereocenters. The molecule has 2 aliphatic heterocycles. The number of carbonyl (C=O) groups is 1. The van der Waals surface area contributed by atoms with Gasteiger partial charge in [0.05, 0.1) is 17.2 Å². The van der Waals surface area contributed by atoms with Gasteiger partial charge in [0.1, 0.15) is 5.75 Å². The SMILES string of the molecule is CC(C)[C@H]1Oc2c(ccc3c2[C@H](O)O[C@@H](C)C3)C1=O. The molecule has 19 heavy (non-hydrogen) atoms. The fourth-order valence-electron chi connectivity index (χ4n) is 2.83. The normalized spacial score (nSPS) is 29.1. The van der Waals surface area contributed by atoms with Crippen molar-refractivity contribution in [3.05, 3.63) is 28.8 Å². The number of benzene rings is 1. The van der Waals surface area contributed by atoms with Crippen molar-refractivity contribution in [1.29, 1.82) is 0 Å². The van der Waals surface area contributed by atoms with Gasteiger partial charge in [-0.05, 0) is 30.9 Å². The Hall–Kier alpha value is -1.39. The number of ketones is 1. The first-order chi connectivity index (χ1) is 8.99. The summed E-state index contributed by atoms with van der Waals surface area (Å²) >= 11 is 0. The van der Waals surface area contributed by atoms with Crippen LogP contribution in [0.5, 0.6) is 5.75 Å². The molecule has 0 bridgehead atoms. The predicted octanol–water partition coefficient (Wildman–Crippen LogP) is 2.24. The summed E-state index contributed by atoms with van der Waals surface area (Å²) in [6.45, 7) is 5.83. The van der Waals surface area contributed by atoms with Crippen molar-refractivity contribution in [1.82, 2.24) is 0 Å². The monoisotopic (exact) mass is 262 g/mol. The first-order valence-electron chi connectivity index (χ1n) is 6.69. The van der Waals surface area contributed by atoms with Crippen molar-refractivity contribution in [2.75, 3.05) is 0 Å². The van der Waals surface area contributed by atoms with Gasteiger partial charge in [-0.1, -0.05) is 19.9 Å². The van der Waals surface area contributed by atoms with Gasteiger partial charge in [-0.3, -0.25) is 4.79 Å². The second-order valence-electron chi connectivity index (χ2n) is 5.66. The van der Waals surface area contributed by atoms with Crippen LogP contribution in [-0.2, 0) is 11.2 Å². The average molecular weight is 262 g/mol. The maximum atomic E-state index is 12.2. The van der Waals surface area contributed by atoms with Crippen molar-refractivity contribution >= 4 is 5.78 Å². The Labute approximate surface area is 112 Å². The Morgan fingerprint density at radius 3 is 2.79 bits per heavy atom. The number of carbonyl (C=O) groups excluding carboxylic acids is 1. The van der Waals surface area contributed by atoms with Crippen LogP contribution in [0.2, 0.25) is 0 Å². The quantitative estimate of drug-likeness (QED) is 0.843. The second-order valence-corrected chi connectivity index (χ2v) is 5.66. The topological polar surface area (TPSA) is 55.8 Å². The zero-order valence-corrected chi connectivity index (χ0v) is 11.3. The number of rotatable bonds is 1. The van der Waals surface area contributed by atoms with Crippen molar-refractivity contribution in [2.45, 2.75) is 45.7 Å². The summed E-state index contributed by atoms with van der Waals surface area (Å²) in [6.07, 6.45) is -0.761. The summed E-state index contributed by atoms with van der Waals surface area (Å²) in [6, 6.07) is 3.71. The van der Waals surface area contributed by atoms with Gasteiger partial charge in [0.15, 0.2) is 12.4 Å². The fraction of sp³-hybridized carbons (Fsp3) is 0.533. The third-order valence-electron chi connectivity index (χ3n) is 3.78. The van der Waals surface area contributed by atoms with E-state index in [0.717, 1.165) is 12.0 Å². The molecule has 0 spiro atoms. The van der Waals surface area contributed by atoms with E-state index >= 15 is 0 Å². The number of aliphatic hydroxyl groups excluding tert-OH is 1. The van der Waals surface area contributed by atoms with Crippen LogP contribution in [0.3, 0.4) is 0 Å². The van der Waals surface area contributed by atoms with E-state index in [1.165, 1.54) is 0 Å². The van der Waals surface area contributed by atoms with Crippen LogP contribution < -0.4 is 4.74 Å². The Bertz CT molecular complexity index is 535. The number of hydrogen-bond acceptors (Lipinski definition) is 4.